The molecule has 25 heavy (non-hydrogen) atoms. The predicted octanol–water partition coefficient (Wildman–Crippen LogP) is 2.13. The molecule has 4 nitrogen and oxygen atoms in total. The van der Waals surface area contributed by atoms with Crippen LogP contribution in [0, 0.1) is 11.8 Å². The van der Waals surface area contributed by atoms with Gasteiger partial charge in [-0.2, -0.15) is 0 Å². The molecule has 0 spiro atoms. The molecule has 136 valence electrons. The van der Waals surface area contributed by atoms with Crippen LogP contribution in [0.2, 0.25) is 0 Å². The van der Waals surface area contributed by atoms with Crippen LogP contribution in [-0.2, 0) is 10.4 Å². The number of nitrogens with one attached hydrogen (secondary N) is 1. The molecule has 6 heteroatoms. The number of carbonyl (C=O) groups is 1. The van der Waals surface area contributed by atoms with Crippen molar-refractivity contribution in [2.24, 2.45) is 11.8 Å². The summed E-state index contributed by atoms with van der Waals surface area (Å²) in [7, 11) is 0. The lowest BCUT2D eigenvalue weighted by Gasteiger charge is -2.53. The van der Waals surface area contributed by atoms with E-state index < -0.39 is 29.8 Å². The number of piperidine rings is 1. The minimum absolute atomic E-state index is 0.117. The van der Waals surface area contributed by atoms with Crippen LogP contribution in [0.5, 0.6) is 0 Å². The highest BCUT2D eigenvalue weighted by Gasteiger charge is 2.57. The minimum atomic E-state index is -2.81. The van der Waals surface area contributed by atoms with Crippen molar-refractivity contribution in [2.45, 2.75) is 43.2 Å². The number of benzene rings is 1. The third-order valence-corrected chi connectivity index (χ3v) is 6.19. The van der Waals surface area contributed by atoms with Crippen LogP contribution in [0.1, 0.15) is 31.2 Å². The second kappa shape index (κ2) is 6.02. The van der Waals surface area contributed by atoms with E-state index in [-0.39, 0.29) is 18.9 Å². The summed E-state index contributed by atoms with van der Waals surface area (Å²) in [5.41, 5.74) is -1.43. The molecule has 2 heterocycles. The third kappa shape index (κ3) is 2.75. The molecule has 2 N–H and O–H groups in total. The van der Waals surface area contributed by atoms with Crippen LogP contribution in [0.15, 0.2) is 30.3 Å². The molecule has 1 aliphatic carbocycles. The normalized spacial score (nSPS) is 33.2. The average Bonchev–Trinajstić information content (AvgIpc) is 2.96. The van der Waals surface area contributed by atoms with Gasteiger partial charge in [-0.05, 0) is 24.9 Å². The number of carbonyl (C=O) groups excluding carboxylic acids is 1. The number of alkyl halides is 2. The summed E-state index contributed by atoms with van der Waals surface area (Å²) < 4.78 is 27.7. The van der Waals surface area contributed by atoms with E-state index in [0.717, 1.165) is 19.5 Å². The fourth-order valence-corrected chi connectivity index (χ4v) is 4.74. The number of amides is 1. The number of hydrogen-bond acceptors (Lipinski definition) is 3. The Labute approximate surface area is 146 Å². The SMILES string of the molecule is O=C(N1C[C@@H]2CNCC[C@@H]21)[C@](O)(c1ccccc1)[C@@H]1CCC(F)(F)C1. The van der Waals surface area contributed by atoms with Gasteiger partial charge in [0.15, 0.2) is 5.60 Å². The predicted molar refractivity (Wildman–Crippen MR) is 89.1 cm³/mol. The summed E-state index contributed by atoms with van der Waals surface area (Å²) in [4.78, 5) is 15.0. The van der Waals surface area contributed by atoms with Crippen molar-refractivity contribution >= 4 is 5.91 Å². The van der Waals surface area contributed by atoms with Gasteiger partial charge in [-0.3, -0.25) is 4.79 Å². The Balaban J connectivity index is 1.65. The fraction of sp³-hybridized carbons (Fsp3) is 0.632. The highest BCUT2D eigenvalue weighted by molar-refractivity contribution is 5.88. The number of hydrogen-bond donors (Lipinski definition) is 2. The molecular weight excluding hydrogens is 326 g/mol. The average molecular weight is 350 g/mol. The molecule has 3 aliphatic rings. The van der Waals surface area contributed by atoms with E-state index in [1.807, 2.05) is 0 Å². The summed E-state index contributed by atoms with van der Waals surface area (Å²) in [6.45, 7) is 2.31. The Kier molecular flexibility index (Phi) is 4.07. The van der Waals surface area contributed by atoms with Gasteiger partial charge in [0.25, 0.3) is 5.91 Å². The molecule has 0 bridgehead atoms. The number of aliphatic hydroxyl groups is 1. The Morgan fingerprint density at radius 1 is 1.28 bits per heavy atom. The Morgan fingerprint density at radius 2 is 2.04 bits per heavy atom. The molecule has 0 unspecified atom stereocenters. The number of nitrogens with zero attached hydrogens (tertiary/aromatic N) is 1. The van der Waals surface area contributed by atoms with E-state index in [1.54, 1.807) is 35.2 Å². The lowest BCUT2D eigenvalue weighted by atomic mass is 9.75. The molecule has 2 aliphatic heterocycles. The Hall–Kier alpha value is -1.53. The second-order valence-corrected chi connectivity index (χ2v) is 7.71. The molecule has 4 rings (SSSR count). The van der Waals surface area contributed by atoms with E-state index in [0.29, 0.717) is 18.0 Å². The largest absolute Gasteiger partial charge is 0.375 e. The maximum Gasteiger partial charge on any atom is 0.259 e. The first-order valence-corrected chi connectivity index (χ1v) is 9.09. The zero-order chi connectivity index (χ0) is 17.7. The van der Waals surface area contributed by atoms with E-state index in [9.17, 15) is 18.7 Å². The van der Waals surface area contributed by atoms with Gasteiger partial charge in [0.1, 0.15) is 0 Å². The van der Waals surface area contributed by atoms with Crippen LogP contribution in [-0.4, -0.2) is 47.5 Å². The van der Waals surface area contributed by atoms with Gasteiger partial charge in [0, 0.05) is 43.8 Å². The van der Waals surface area contributed by atoms with E-state index in [4.69, 9.17) is 0 Å². The summed E-state index contributed by atoms with van der Waals surface area (Å²) >= 11 is 0. The fourth-order valence-electron chi connectivity index (χ4n) is 4.74. The van der Waals surface area contributed by atoms with Gasteiger partial charge in [0.2, 0.25) is 5.92 Å². The van der Waals surface area contributed by atoms with Crippen molar-refractivity contribution in [1.29, 1.82) is 0 Å². The van der Waals surface area contributed by atoms with Crippen LogP contribution in [0.4, 0.5) is 8.78 Å². The lowest BCUT2D eigenvalue weighted by molar-refractivity contribution is -0.174. The molecule has 4 atom stereocenters. The van der Waals surface area contributed by atoms with Crippen LogP contribution in [0.3, 0.4) is 0 Å². The first-order chi connectivity index (χ1) is 11.9. The van der Waals surface area contributed by atoms with Crippen molar-refractivity contribution in [3.63, 3.8) is 0 Å². The maximum absolute atomic E-state index is 13.8. The first kappa shape index (κ1) is 16.9. The Morgan fingerprint density at radius 3 is 2.68 bits per heavy atom. The molecule has 0 aromatic heterocycles. The van der Waals surface area contributed by atoms with Crippen molar-refractivity contribution < 1.29 is 18.7 Å². The van der Waals surface area contributed by atoms with Crippen molar-refractivity contribution in [1.82, 2.24) is 10.2 Å². The summed E-state index contributed by atoms with van der Waals surface area (Å²) in [6, 6.07) is 8.74. The quantitative estimate of drug-likeness (QED) is 0.878. The summed E-state index contributed by atoms with van der Waals surface area (Å²) in [5, 5.41) is 14.8. The zero-order valence-electron chi connectivity index (χ0n) is 14.1. The van der Waals surface area contributed by atoms with Gasteiger partial charge < -0.3 is 15.3 Å². The standard InChI is InChI=1S/C19H24F2N2O2/c20-18(21)8-6-15(10-18)19(25,14-4-2-1-3-5-14)17(24)23-12-13-11-22-9-7-16(13)23/h1-5,13,15-16,22,25H,6-12H2/t13-,15+,16-,19-/m0/s1. The topological polar surface area (TPSA) is 52.6 Å². The summed E-state index contributed by atoms with van der Waals surface area (Å²) in [5.74, 6) is -3.55. The van der Waals surface area contributed by atoms with Crippen molar-refractivity contribution in [3.05, 3.63) is 35.9 Å². The molecule has 1 amide bonds. The monoisotopic (exact) mass is 350 g/mol. The van der Waals surface area contributed by atoms with Gasteiger partial charge >= 0.3 is 0 Å². The number of halogens is 2. The zero-order valence-corrected chi connectivity index (χ0v) is 14.1. The van der Waals surface area contributed by atoms with Crippen LogP contribution < -0.4 is 5.32 Å². The molecule has 0 radical (unpaired) electrons. The highest BCUT2D eigenvalue weighted by Crippen LogP contribution is 2.49. The molecule has 2 saturated heterocycles. The number of rotatable bonds is 3. The van der Waals surface area contributed by atoms with Crippen LogP contribution >= 0.6 is 0 Å². The minimum Gasteiger partial charge on any atom is -0.375 e. The number of likely N-dealkylation sites (tertiary alicyclic amines) is 1. The molecule has 1 saturated carbocycles. The van der Waals surface area contributed by atoms with Gasteiger partial charge in [-0.25, -0.2) is 8.78 Å². The van der Waals surface area contributed by atoms with E-state index in [1.165, 1.54) is 0 Å². The van der Waals surface area contributed by atoms with Crippen molar-refractivity contribution in [2.75, 3.05) is 19.6 Å². The van der Waals surface area contributed by atoms with Gasteiger partial charge in [-0.1, -0.05) is 30.3 Å². The molecule has 1 aromatic carbocycles. The smallest absolute Gasteiger partial charge is 0.259 e. The van der Waals surface area contributed by atoms with E-state index in [2.05, 4.69) is 5.32 Å². The molecule has 3 fully saturated rings. The lowest BCUT2D eigenvalue weighted by Crippen LogP contribution is -2.68. The van der Waals surface area contributed by atoms with Gasteiger partial charge in [0.05, 0.1) is 0 Å². The Bertz CT molecular complexity index is 654. The van der Waals surface area contributed by atoms with E-state index >= 15 is 0 Å². The number of fused-ring (bicyclic) bond motifs is 1. The highest BCUT2D eigenvalue weighted by atomic mass is 19.3. The molecule has 1 aromatic rings. The second-order valence-electron chi connectivity index (χ2n) is 7.71. The van der Waals surface area contributed by atoms with Gasteiger partial charge in [-0.15, -0.1) is 0 Å². The maximum atomic E-state index is 13.8. The van der Waals surface area contributed by atoms with Crippen LogP contribution in [0.25, 0.3) is 0 Å². The summed E-state index contributed by atoms with van der Waals surface area (Å²) in [6.07, 6.45) is 0.305. The van der Waals surface area contributed by atoms with Crippen molar-refractivity contribution in [3.8, 4) is 0 Å². The first-order valence-electron chi connectivity index (χ1n) is 9.09. The molecular formula is C19H24F2N2O2. The third-order valence-electron chi connectivity index (χ3n) is 6.19.